The van der Waals surface area contributed by atoms with Crippen LogP contribution in [0, 0.1) is 18.6 Å². The highest BCUT2D eigenvalue weighted by Crippen LogP contribution is 2.19. The minimum Gasteiger partial charge on any atom is -0.494 e. The Hall–Kier alpha value is -2.43. The molecule has 0 saturated heterocycles. The Morgan fingerprint density at radius 3 is 2.45 bits per heavy atom. The summed E-state index contributed by atoms with van der Waals surface area (Å²) in [5.41, 5.74) is 1.37. The largest absolute Gasteiger partial charge is 0.494 e. The first kappa shape index (κ1) is 15.9. The Morgan fingerprint density at radius 1 is 1.14 bits per heavy atom. The second kappa shape index (κ2) is 6.56. The first-order chi connectivity index (χ1) is 10.4. The van der Waals surface area contributed by atoms with Crippen LogP contribution in [0.3, 0.4) is 0 Å². The molecule has 1 amide bonds. The van der Waals surface area contributed by atoms with Gasteiger partial charge in [-0.2, -0.15) is 0 Å². The Kier molecular flexibility index (Phi) is 4.75. The lowest BCUT2D eigenvalue weighted by atomic mass is 10.1. The summed E-state index contributed by atoms with van der Waals surface area (Å²) in [4.78, 5) is 13.7. The second-order valence-electron chi connectivity index (χ2n) is 5.09. The summed E-state index contributed by atoms with van der Waals surface area (Å²) in [6.07, 6.45) is 0. The summed E-state index contributed by atoms with van der Waals surface area (Å²) >= 11 is 0. The fourth-order valence-corrected chi connectivity index (χ4v) is 2.10. The lowest BCUT2D eigenvalue weighted by molar-refractivity contribution is 0.0784. The number of methoxy groups -OCH3 is 1. The van der Waals surface area contributed by atoms with Crippen molar-refractivity contribution in [3.63, 3.8) is 0 Å². The number of carbonyl (C=O) groups is 1. The molecule has 22 heavy (non-hydrogen) atoms. The van der Waals surface area contributed by atoms with Gasteiger partial charge in [0.2, 0.25) is 0 Å². The number of nitrogens with zero attached hydrogens (tertiary/aromatic N) is 1. The van der Waals surface area contributed by atoms with Crippen LogP contribution < -0.4 is 4.74 Å². The first-order valence-electron chi connectivity index (χ1n) is 6.76. The number of hydrogen-bond donors (Lipinski definition) is 0. The van der Waals surface area contributed by atoms with Crippen LogP contribution in [0.25, 0.3) is 0 Å². The molecule has 0 unspecified atom stereocenters. The molecule has 2 rings (SSSR count). The van der Waals surface area contributed by atoms with E-state index < -0.39 is 11.6 Å². The summed E-state index contributed by atoms with van der Waals surface area (Å²) in [5, 5.41) is 0. The minimum absolute atomic E-state index is 0.151. The average molecular weight is 305 g/mol. The van der Waals surface area contributed by atoms with Crippen molar-refractivity contribution in [2.45, 2.75) is 13.5 Å². The molecule has 2 aromatic rings. The zero-order valence-electron chi connectivity index (χ0n) is 12.7. The maximum absolute atomic E-state index is 13.6. The standard InChI is InChI=1S/C17H17F2NO2/c1-11-4-6-13(9-14(11)18)17(21)20(2)10-12-5-7-16(22-3)15(19)8-12/h4-9H,10H2,1-3H3. The molecule has 3 nitrogen and oxygen atoms in total. The van der Waals surface area contributed by atoms with Crippen molar-refractivity contribution in [3.8, 4) is 5.75 Å². The first-order valence-corrected chi connectivity index (χ1v) is 6.76. The highest BCUT2D eigenvalue weighted by molar-refractivity contribution is 5.94. The highest BCUT2D eigenvalue weighted by atomic mass is 19.1. The Labute approximate surface area is 128 Å². The lowest BCUT2D eigenvalue weighted by Crippen LogP contribution is -2.26. The van der Waals surface area contributed by atoms with Crippen molar-refractivity contribution in [2.75, 3.05) is 14.2 Å². The summed E-state index contributed by atoms with van der Waals surface area (Å²) in [5.74, 6) is -1.08. The van der Waals surface area contributed by atoms with E-state index in [2.05, 4.69) is 0 Å². The van der Waals surface area contributed by atoms with Gasteiger partial charge >= 0.3 is 0 Å². The van der Waals surface area contributed by atoms with Crippen LogP contribution in [-0.2, 0) is 6.54 Å². The molecule has 0 aliphatic rings. The van der Waals surface area contributed by atoms with Crippen molar-refractivity contribution in [1.82, 2.24) is 4.90 Å². The normalized spacial score (nSPS) is 10.4. The van der Waals surface area contributed by atoms with E-state index in [-0.39, 0.29) is 23.8 Å². The Balaban J connectivity index is 2.14. The van der Waals surface area contributed by atoms with Gasteiger partial charge in [-0.25, -0.2) is 8.78 Å². The molecule has 0 spiro atoms. The molecule has 0 aliphatic carbocycles. The molecule has 0 heterocycles. The molecule has 0 aromatic heterocycles. The van der Waals surface area contributed by atoms with E-state index in [1.54, 1.807) is 32.2 Å². The van der Waals surface area contributed by atoms with E-state index in [0.29, 0.717) is 11.1 Å². The molecule has 0 saturated carbocycles. The van der Waals surface area contributed by atoms with Gasteiger partial charge in [0.05, 0.1) is 7.11 Å². The fourth-order valence-electron chi connectivity index (χ4n) is 2.10. The summed E-state index contributed by atoms with van der Waals surface area (Å²) in [7, 11) is 2.97. The number of hydrogen-bond acceptors (Lipinski definition) is 2. The quantitative estimate of drug-likeness (QED) is 0.864. The van der Waals surface area contributed by atoms with Gasteiger partial charge in [-0.05, 0) is 42.3 Å². The van der Waals surface area contributed by atoms with Gasteiger partial charge in [0.25, 0.3) is 5.91 Å². The van der Waals surface area contributed by atoms with Gasteiger partial charge in [-0.1, -0.05) is 12.1 Å². The van der Waals surface area contributed by atoms with E-state index in [4.69, 9.17) is 4.74 Å². The number of amides is 1. The monoisotopic (exact) mass is 305 g/mol. The smallest absolute Gasteiger partial charge is 0.253 e. The van der Waals surface area contributed by atoms with E-state index in [9.17, 15) is 13.6 Å². The van der Waals surface area contributed by atoms with Crippen LogP contribution in [0.4, 0.5) is 8.78 Å². The lowest BCUT2D eigenvalue weighted by Gasteiger charge is -2.18. The van der Waals surface area contributed by atoms with Crippen molar-refractivity contribution in [3.05, 3.63) is 64.7 Å². The van der Waals surface area contributed by atoms with Crippen LogP contribution >= 0.6 is 0 Å². The maximum Gasteiger partial charge on any atom is 0.253 e. The second-order valence-corrected chi connectivity index (χ2v) is 5.09. The van der Waals surface area contributed by atoms with Crippen molar-refractivity contribution in [2.24, 2.45) is 0 Å². The summed E-state index contributed by atoms with van der Waals surface area (Å²) < 4.78 is 32.0. The number of halogens is 2. The molecule has 0 aliphatic heterocycles. The third-order valence-corrected chi connectivity index (χ3v) is 3.40. The van der Waals surface area contributed by atoms with Crippen LogP contribution in [0.2, 0.25) is 0 Å². The number of benzene rings is 2. The molecular formula is C17H17F2NO2. The van der Waals surface area contributed by atoms with E-state index >= 15 is 0 Å². The zero-order valence-corrected chi connectivity index (χ0v) is 12.7. The van der Waals surface area contributed by atoms with E-state index in [1.807, 2.05) is 0 Å². The predicted molar refractivity (Wildman–Crippen MR) is 79.9 cm³/mol. The van der Waals surface area contributed by atoms with Crippen LogP contribution in [0.15, 0.2) is 36.4 Å². The van der Waals surface area contributed by atoms with Crippen molar-refractivity contribution < 1.29 is 18.3 Å². The Morgan fingerprint density at radius 2 is 1.86 bits per heavy atom. The minimum atomic E-state index is -0.484. The van der Waals surface area contributed by atoms with Crippen LogP contribution in [0.1, 0.15) is 21.5 Å². The molecular weight excluding hydrogens is 288 g/mol. The number of ether oxygens (including phenoxy) is 1. The number of rotatable bonds is 4. The molecule has 5 heteroatoms. The fraction of sp³-hybridized carbons (Fsp3) is 0.235. The predicted octanol–water partition coefficient (Wildman–Crippen LogP) is 3.55. The van der Waals surface area contributed by atoms with Gasteiger partial charge < -0.3 is 9.64 Å². The average Bonchev–Trinajstić information content (AvgIpc) is 2.49. The molecule has 0 atom stereocenters. The molecule has 0 fully saturated rings. The third kappa shape index (κ3) is 3.42. The van der Waals surface area contributed by atoms with Crippen LogP contribution in [-0.4, -0.2) is 25.0 Å². The third-order valence-electron chi connectivity index (χ3n) is 3.40. The van der Waals surface area contributed by atoms with Gasteiger partial charge in [-0.3, -0.25) is 4.79 Å². The van der Waals surface area contributed by atoms with E-state index in [0.717, 1.165) is 0 Å². The van der Waals surface area contributed by atoms with Gasteiger partial charge in [0.15, 0.2) is 11.6 Å². The maximum atomic E-state index is 13.6. The Bertz CT molecular complexity index is 701. The molecule has 0 N–H and O–H groups in total. The molecule has 0 radical (unpaired) electrons. The summed E-state index contributed by atoms with van der Waals surface area (Å²) in [6, 6.07) is 8.85. The summed E-state index contributed by atoms with van der Waals surface area (Å²) in [6.45, 7) is 1.85. The number of carbonyl (C=O) groups excluding carboxylic acids is 1. The molecule has 0 bridgehead atoms. The van der Waals surface area contributed by atoms with Gasteiger partial charge in [-0.15, -0.1) is 0 Å². The van der Waals surface area contributed by atoms with Gasteiger partial charge in [0, 0.05) is 19.2 Å². The van der Waals surface area contributed by atoms with Crippen molar-refractivity contribution >= 4 is 5.91 Å². The molecule has 2 aromatic carbocycles. The van der Waals surface area contributed by atoms with E-state index in [1.165, 1.54) is 30.2 Å². The van der Waals surface area contributed by atoms with Gasteiger partial charge in [0.1, 0.15) is 5.82 Å². The number of aryl methyl sites for hydroxylation is 1. The van der Waals surface area contributed by atoms with Crippen molar-refractivity contribution in [1.29, 1.82) is 0 Å². The molecule has 116 valence electrons. The zero-order chi connectivity index (χ0) is 16.3. The SMILES string of the molecule is COc1ccc(CN(C)C(=O)c2ccc(C)c(F)c2)cc1F. The highest BCUT2D eigenvalue weighted by Gasteiger charge is 2.14. The van der Waals surface area contributed by atoms with Crippen LogP contribution in [0.5, 0.6) is 5.75 Å². The topological polar surface area (TPSA) is 29.5 Å².